The molecule has 80 heavy (non-hydrogen) atoms. The van der Waals surface area contributed by atoms with Gasteiger partial charge in [0.05, 0.1) is 61.9 Å². The summed E-state index contributed by atoms with van der Waals surface area (Å²) in [7, 11) is 5.94. The molecule has 3 unspecified atom stereocenters. The Labute approximate surface area is 473 Å². The van der Waals surface area contributed by atoms with Crippen LogP contribution in [-0.2, 0) is 24.0 Å². The van der Waals surface area contributed by atoms with Crippen molar-refractivity contribution in [2.24, 2.45) is 11.1 Å². The number of methoxy groups -OCH3 is 4. The molecule has 0 saturated carbocycles. The summed E-state index contributed by atoms with van der Waals surface area (Å²) in [6.07, 6.45) is 2.41. The van der Waals surface area contributed by atoms with Crippen molar-refractivity contribution >= 4 is 74.6 Å². The number of allylic oxidation sites excluding steroid dienone is 1. The number of H-pyrrole nitrogens is 1. The number of aromatic carboxylic acids is 1. The van der Waals surface area contributed by atoms with E-state index in [1.807, 2.05) is 0 Å². The fourth-order valence-electron chi connectivity index (χ4n) is 7.05. The molecule has 0 aliphatic carbocycles. The van der Waals surface area contributed by atoms with Gasteiger partial charge in [-0.1, -0.05) is 11.8 Å². The zero-order valence-corrected chi connectivity index (χ0v) is 45.5. The zero-order chi connectivity index (χ0) is 58.5. The predicted molar refractivity (Wildman–Crippen MR) is 280 cm³/mol. The van der Waals surface area contributed by atoms with E-state index in [1.165, 1.54) is 52.7 Å². The number of aromatic amines is 1. The van der Waals surface area contributed by atoms with Gasteiger partial charge < -0.3 is 66.4 Å². The van der Waals surface area contributed by atoms with Crippen LogP contribution >= 0.6 is 0 Å². The molecule has 0 radical (unpaired) electrons. The minimum absolute atomic E-state index is 0. The quantitative estimate of drug-likeness (QED) is 0.0263. The number of imide groups is 2. The number of benzene rings is 4. The molecule has 3 atom stereocenters. The molecular formula is C49H53N12NaO18. The molecule has 0 bridgehead atoms. The molecule has 3 saturated heterocycles. The molecule has 30 nitrogen and oxygen atoms in total. The Balaban J connectivity index is 0.000000266. The number of nitrogens with zero attached hydrogens (tertiary/aromatic N) is 4. The van der Waals surface area contributed by atoms with Gasteiger partial charge in [-0.3, -0.25) is 49.2 Å². The number of carboxylic acid groups (broad SMARTS) is 1. The molecule has 5 heterocycles. The van der Waals surface area contributed by atoms with Gasteiger partial charge in [0.25, 0.3) is 17.4 Å². The fraction of sp³-hybridized carbons (Fsp3) is 0.265. The van der Waals surface area contributed by atoms with E-state index < -0.39 is 52.7 Å². The first-order valence-corrected chi connectivity index (χ1v) is 23.0. The topological polar surface area (TPSA) is 466 Å². The predicted octanol–water partition coefficient (Wildman–Crippen LogP) is -1.95. The molecular weight excluding hydrogens is 1070 g/mol. The summed E-state index contributed by atoms with van der Waals surface area (Å²) in [6, 6.07) is 16.9. The van der Waals surface area contributed by atoms with E-state index in [0.717, 1.165) is 28.6 Å². The second-order valence-electron chi connectivity index (χ2n) is 16.4. The van der Waals surface area contributed by atoms with Gasteiger partial charge in [0.15, 0.2) is 0 Å². The van der Waals surface area contributed by atoms with Gasteiger partial charge in [0.2, 0.25) is 23.6 Å². The van der Waals surface area contributed by atoms with Crippen LogP contribution in [0.3, 0.4) is 0 Å². The summed E-state index contributed by atoms with van der Waals surface area (Å²) < 4.78 is 25.3. The monoisotopic (exact) mass is 1120 g/mol. The normalized spacial score (nSPS) is 16.0. The Bertz CT molecular complexity index is 3460. The summed E-state index contributed by atoms with van der Waals surface area (Å²) in [4.78, 5) is 124. The summed E-state index contributed by atoms with van der Waals surface area (Å²) in [5.74, 6) is -2.07. The van der Waals surface area contributed by atoms with Crippen LogP contribution in [0, 0.1) is 10.1 Å². The van der Waals surface area contributed by atoms with E-state index in [1.54, 1.807) is 48.5 Å². The van der Waals surface area contributed by atoms with Crippen LogP contribution in [0.1, 0.15) is 65.3 Å². The molecule has 418 valence electrons. The number of rotatable bonds is 8. The third kappa shape index (κ3) is 18.3. The number of hydrogen-bond acceptors (Lipinski definition) is 23. The summed E-state index contributed by atoms with van der Waals surface area (Å²) in [6.45, 7) is 3.61. The number of nitrogen functional groups attached to an aromatic ring is 2. The third-order valence-corrected chi connectivity index (χ3v) is 11.2. The molecule has 9 rings (SSSR count). The van der Waals surface area contributed by atoms with Crippen LogP contribution in [0.5, 0.6) is 23.0 Å². The van der Waals surface area contributed by atoms with Crippen LogP contribution in [0.15, 0.2) is 109 Å². The smallest absolute Gasteiger partial charge is 0.497 e. The molecule has 3 fully saturated rings. The number of carboxylic acids is 1. The molecule has 2 aromatic heterocycles. The molecule has 3 aliphatic heterocycles. The van der Waals surface area contributed by atoms with Gasteiger partial charge in [-0.25, -0.2) is 14.4 Å². The van der Waals surface area contributed by atoms with Crippen LogP contribution in [-0.4, -0.2) is 107 Å². The van der Waals surface area contributed by atoms with Crippen molar-refractivity contribution in [3.8, 4) is 23.0 Å². The van der Waals surface area contributed by atoms with Gasteiger partial charge >= 0.3 is 46.9 Å². The average molecular weight is 1120 g/mol. The van der Waals surface area contributed by atoms with Crippen LogP contribution in [0.2, 0.25) is 0 Å². The zero-order valence-electron chi connectivity index (χ0n) is 43.5. The maximum absolute atomic E-state index is 12.5. The number of piperidine rings is 3. The number of amides is 6. The Morgan fingerprint density at radius 3 is 1.77 bits per heavy atom. The van der Waals surface area contributed by atoms with Gasteiger partial charge in [-0.05, 0) is 98.5 Å². The number of carbonyl (C=O) groups is 7. The number of ether oxygens (including phenoxy) is 4. The van der Waals surface area contributed by atoms with E-state index in [0.29, 0.717) is 44.8 Å². The Morgan fingerprint density at radius 1 is 0.725 bits per heavy atom. The second kappa shape index (κ2) is 31.0. The van der Waals surface area contributed by atoms with Gasteiger partial charge in [0.1, 0.15) is 40.6 Å². The number of nitrogens with two attached hydrogens (primary N) is 3. The molecule has 31 heteroatoms. The van der Waals surface area contributed by atoms with E-state index in [-0.39, 0.29) is 102 Å². The Hall–Kier alpha value is -9.52. The first-order valence-electron chi connectivity index (χ1n) is 23.0. The van der Waals surface area contributed by atoms with Crippen LogP contribution in [0.25, 0.3) is 21.8 Å². The number of aromatic nitrogens is 4. The molecule has 4 aromatic carbocycles. The van der Waals surface area contributed by atoms with E-state index in [2.05, 4.69) is 47.6 Å². The number of anilines is 2. The fourth-order valence-corrected chi connectivity index (χ4v) is 7.05. The SMILES string of the molecule is C=C1CCC(N)C(=O)N1.COc1ccc(N)c(C(=O)NC2CCC(=O)NC2=O)c1.COc1ccc(N)c(C(=O)O)c1.COc1ccc2[nH]c(=O)oc(=O)c2c1.COc1ccc2nnn(C3CCC(=O)NC3=O)c(=O)c2c1.O=N[O-].[Na+]. The van der Waals surface area contributed by atoms with Crippen LogP contribution in [0.4, 0.5) is 11.4 Å². The van der Waals surface area contributed by atoms with Gasteiger partial charge in [0, 0.05) is 29.9 Å². The first kappa shape index (κ1) is 64.8. The van der Waals surface area contributed by atoms with Crippen molar-refractivity contribution in [1.29, 1.82) is 0 Å². The van der Waals surface area contributed by atoms with Gasteiger partial charge in [-0.15, -0.1) is 10.4 Å². The minimum atomic E-state index is -1.05. The minimum Gasteiger partial charge on any atom is -0.497 e. The Kier molecular flexibility index (Phi) is 25.1. The molecule has 3 aliphatic rings. The summed E-state index contributed by atoms with van der Waals surface area (Å²) >= 11 is 0. The number of fused-ring (bicyclic) bond motifs is 2. The third-order valence-electron chi connectivity index (χ3n) is 11.2. The maximum Gasteiger partial charge on any atom is 1.00 e. The maximum atomic E-state index is 12.5. The van der Waals surface area contributed by atoms with Crippen molar-refractivity contribution in [3.05, 3.63) is 138 Å². The largest absolute Gasteiger partial charge is 1.00 e. The molecule has 12 N–H and O–H groups in total. The number of hydrogen-bond donors (Lipinski definition) is 9. The van der Waals surface area contributed by atoms with E-state index in [4.69, 9.17) is 51.4 Å². The van der Waals surface area contributed by atoms with Crippen molar-refractivity contribution in [3.63, 3.8) is 0 Å². The molecule has 6 aromatic rings. The molecule has 6 amide bonds. The van der Waals surface area contributed by atoms with Crippen molar-refractivity contribution in [1.82, 2.24) is 41.2 Å². The van der Waals surface area contributed by atoms with E-state index in [9.17, 15) is 47.9 Å². The standard InChI is InChI=1S/C13H12N4O4.C13H15N3O4.C9H7NO4.C8H9NO3.C6H10N2O.HNO2.Na/c1-21-7-2-3-9-8(6-7)13(20)17(16-15-9)10-4-5-11(18)14-12(10)19;1-20-7-2-3-9(14)8(6-7)12(18)15-10-4-5-11(17)16-13(10)19;1-13-5-2-3-7-6(4-5)8(11)14-9(12)10-7;1-12-5-2-3-7(9)6(4-5)8(10)11;1-4-2-3-5(7)6(9)8-4;2-1-3;/h2-3,6,10H,4-5H2,1H3,(H,14,18,19);2-3,6,10H,4-5,14H2,1H3,(H,15,18)(H,16,17,19);2-4H,1H3,(H,10,12);2-4H,9H2,1H3,(H,10,11);5H,1-3,7H2,(H,8,9);(H,2,3);/q;;;;;;+1/p-1. The average Bonchev–Trinajstić information content (AvgIpc) is 3.43. The summed E-state index contributed by atoms with van der Waals surface area (Å²) in [5, 5.41) is 35.5. The van der Waals surface area contributed by atoms with Crippen LogP contribution < -0.4 is 104 Å². The van der Waals surface area contributed by atoms with E-state index >= 15 is 0 Å². The summed E-state index contributed by atoms with van der Waals surface area (Å²) in [5.41, 5.74) is 17.9. The van der Waals surface area contributed by atoms with Gasteiger partial charge in [-0.2, -0.15) is 4.68 Å². The molecule has 0 spiro atoms. The second-order valence-corrected chi connectivity index (χ2v) is 16.4. The Morgan fingerprint density at radius 2 is 1.24 bits per heavy atom. The number of carbonyl (C=O) groups excluding carboxylic acids is 6. The van der Waals surface area contributed by atoms with Crippen molar-refractivity contribution in [2.75, 3.05) is 39.9 Å². The van der Waals surface area contributed by atoms with Crippen molar-refractivity contribution in [2.45, 2.75) is 56.7 Å². The first-order chi connectivity index (χ1) is 37.6. The number of nitrogens with one attached hydrogen (secondary N) is 5. The van der Waals surface area contributed by atoms with Crippen molar-refractivity contribution < 1.29 is 91.6 Å².